The van der Waals surface area contributed by atoms with Gasteiger partial charge in [-0.15, -0.1) is 0 Å². The third-order valence-corrected chi connectivity index (χ3v) is 7.13. The van der Waals surface area contributed by atoms with Crippen LogP contribution in [-0.4, -0.2) is 33.3 Å². The number of rotatable bonds is 3. The third-order valence-electron chi connectivity index (χ3n) is 6.66. The van der Waals surface area contributed by atoms with Gasteiger partial charge in [0.15, 0.2) is 6.23 Å². The molecule has 1 fully saturated rings. The van der Waals surface area contributed by atoms with Crippen molar-refractivity contribution in [3.63, 3.8) is 0 Å². The van der Waals surface area contributed by atoms with Crippen molar-refractivity contribution in [3.05, 3.63) is 70.1 Å². The molecule has 2 aromatic carbocycles. The van der Waals surface area contributed by atoms with Crippen LogP contribution in [0.15, 0.2) is 36.9 Å². The van der Waals surface area contributed by atoms with Crippen LogP contribution in [0, 0.1) is 12.7 Å². The number of aryl methyl sites for hydroxylation is 1. The fourth-order valence-corrected chi connectivity index (χ4v) is 5.24. The molecule has 2 heterocycles. The minimum Gasteiger partial charge on any atom is -0.369 e. The Bertz CT molecular complexity index is 1340. The minimum atomic E-state index is -1.17. The topological polar surface area (TPSA) is 99.4 Å². The summed E-state index contributed by atoms with van der Waals surface area (Å²) in [6.45, 7) is 5.58. The predicted molar refractivity (Wildman–Crippen MR) is 120 cm³/mol. The van der Waals surface area contributed by atoms with Crippen LogP contribution in [0.1, 0.15) is 46.2 Å². The number of primary amides is 1. The lowest BCUT2D eigenvalue weighted by Crippen LogP contribution is -2.44. The first-order valence-electron chi connectivity index (χ1n) is 10.2. The maximum atomic E-state index is 15.6. The second kappa shape index (κ2) is 6.92. The number of hydrogen-bond acceptors (Lipinski definition) is 3. The molecule has 0 unspecified atom stereocenters. The van der Waals surface area contributed by atoms with E-state index in [0.717, 1.165) is 24.5 Å². The number of carbonyl (C=O) groups is 2. The standard InChI is InChI=1S/C24H21ClFN3O3/c1-3-16(30)29-10-24(7-8-24)19-12(5-4-6-13(19)23(29)32)17-15(26)9-14(22(27)31)21-18(17)20(25)11(2)28-21/h3-6,9,23,28,32H,1,7-8,10H2,2H3,(H2,27,31)/t23-/m1/s1. The van der Waals surface area contributed by atoms with Crippen LogP contribution in [-0.2, 0) is 10.2 Å². The van der Waals surface area contributed by atoms with E-state index in [2.05, 4.69) is 11.6 Å². The van der Waals surface area contributed by atoms with Crippen molar-refractivity contribution in [2.45, 2.75) is 31.4 Å². The zero-order valence-electron chi connectivity index (χ0n) is 17.3. The van der Waals surface area contributed by atoms with Gasteiger partial charge >= 0.3 is 0 Å². The summed E-state index contributed by atoms with van der Waals surface area (Å²) in [4.78, 5) is 28.8. The van der Waals surface area contributed by atoms with Gasteiger partial charge in [0.25, 0.3) is 5.91 Å². The zero-order valence-corrected chi connectivity index (χ0v) is 18.1. The summed E-state index contributed by atoms with van der Waals surface area (Å²) in [5, 5.41) is 11.7. The third kappa shape index (κ3) is 2.74. The van der Waals surface area contributed by atoms with Crippen molar-refractivity contribution in [3.8, 4) is 11.1 Å². The highest BCUT2D eigenvalue weighted by Gasteiger charge is 2.53. The Hall–Kier alpha value is -3.16. The molecule has 1 spiro atoms. The van der Waals surface area contributed by atoms with Crippen molar-refractivity contribution in [2.24, 2.45) is 5.73 Å². The van der Waals surface area contributed by atoms with E-state index in [1.54, 1.807) is 25.1 Å². The van der Waals surface area contributed by atoms with E-state index < -0.39 is 18.0 Å². The maximum absolute atomic E-state index is 15.6. The monoisotopic (exact) mass is 453 g/mol. The molecule has 0 bridgehead atoms. The smallest absolute Gasteiger partial charge is 0.250 e. The number of aliphatic hydroxyl groups is 1. The number of hydrogen-bond donors (Lipinski definition) is 3. The van der Waals surface area contributed by atoms with E-state index in [1.807, 2.05) is 0 Å². The van der Waals surface area contributed by atoms with E-state index in [-0.39, 0.29) is 22.4 Å². The summed E-state index contributed by atoms with van der Waals surface area (Å²) in [6, 6.07) is 6.38. The molecule has 3 aromatic rings. The maximum Gasteiger partial charge on any atom is 0.250 e. The second-order valence-electron chi connectivity index (χ2n) is 8.55. The summed E-state index contributed by atoms with van der Waals surface area (Å²) in [6.07, 6.45) is 1.61. The molecule has 1 atom stereocenters. The zero-order chi connectivity index (χ0) is 22.9. The highest BCUT2D eigenvalue weighted by Crippen LogP contribution is 2.58. The number of benzene rings is 2. The van der Waals surface area contributed by atoms with Crippen LogP contribution in [0.5, 0.6) is 0 Å². The van der Waals surface area contributed by atoms with E-state index in [0.29, 0.717) is 39.3 Å². The molecule has 32 heavy (non-hydrogen) atoms. The Labute approximate surface area is 188 Å². The lowest BCUT2D eigenvalue weighted by atomic mass is 9.79. The number of halogens is 2. The number of aliphatic hydroxyl groups excluding tert-OH is 1. The molecule has 1 aliphatic heterocycles. The van der Waals surface area contributed by atoms with Gasteiger partial charge in [-0.1, -0.05) is 36.4 Å². The van der Waals surface area contributed by atoms with Crippen molar-refractivity contribution < 1.29 is 19.1 Å². The van der Waals surface area contributed by atoms with Gasteiger partial charge in [-0.3, -0.25) is 9.59 Å². The van der Waals surface area contributed by atoms with E-state index in [4.69, 9.17) is 17.3 Å². The predicted octanol–water partition coefficient (Wildman–Crippen LogP) is 4.09. The number of fused-ring (bicyclic) bond motifs is 3. The average molecular weight is 454 g/mol. The highest BCUT2D eigenvalue weighted by molar-refractivity contribution is 6.38. The fourth-order valence-electron chi connectivity index (χ4n) is 5.01. The number of nitrogens with zero attached hydrogens (tertiary/aromatic N) is 1. The molecule has 0 radical (unpaired) electrons. The Morgan fingerprint density at radius 1 is 1.41 bits per heavy atom. The van der Waals surface area contributed by atoms with Crippen molar-refractivity contribution in [1.29, 1.82) is 0 Å². The molecule has 4 N–H and O–H groups in total. The number of aromatic amines is 1. The van der Waals surface area contributed by atoms with Crippen molar-refractivity contribution >= 4 is 34.3 Å². The van der Waals surface area contributed by atoms with Gasteiger partial charge in [0.05, 0.1) is 16.1 Å². The van der Waals surface area contributed by atoms with E-state index >= 15 is 4.39 Å². The van der Waals surface area contributed by atoms with E-state index in [9.17, 15) is 14.7 Å². The van der Waals surface area contributed by atoms with Gasteiger partial charge in [-0.05, 0) is 43.0 Å². The average Bonchev–Trinajstić information content (AvgIpc) is 3.48. The second-order valence-corrected chi connectivity index (χ2v) is 8.93. The summed E-state index contributed by atoms with van der Waals surface area (Å²) >= 11 is 6.56. The summed E-state index contributed by atoms with van der Waals surface area (Å²) in [5.41, 5.74) is 8.28. The van der Waals surface area contributed by atoms with Crippen LogP contribution in [0.3, 0.4) is 0 Å². The molecule has 1 saturated carbocycles. The van der Waals surface area contributed by atoms with Crippen LogP contribution < -0.4 is 5.73 Å². The van der Waals surface area contributed by atoms with Crippen LogP contribution in [0.25, 0.3) is 22.0 Å². The largest absolute Gasteiger partial charge is 0.369 e. The molecule has 8 heteroatoms. The molecule has 164 valence electrons. The van der Waals surface area contributed by atoms with Gasteiger partial charge in [0, 0.05) is 34.2 Å². The summed E-state index contributed by atoms with van der Waals surface area (Å²) in [5.74, 6) is -1.75. The van der Waals surface area contributed by atoms with Crippen LogP contribution >= 0.6 is 11.6 Å². The fraction of sp³-hybridized carbons (Fsp3) is 0.250. The quantitative estimate of drug-likeness (QED) is 0.521. The van der Waals surface area contributed by atoms with Gasteiger partial charge < -0.3 is 20.7 Å². The highest BCUT2D eigenvalue weighted by atomic mass is 35.5. The Morgan fingerprint density at radius 2 is 2.12 bits per heavy atom. The van der Waals surface area contributed by atoms with Crippen LogP contribution in [0.2, 0.25) is 5.02 Å². The van der Waals surface area contributed by atoms with Crippen molar-refractivity contribution in [1.82, 2.24) is 9.88 Å². The molecule has 6 nitrogen and oxygen atoms in total. The number of carbonyl (C=O) groups excluding carboxylic acids is 2. The first-order chi connectivity index (χ1) is 15.2. The number of nitrogens with one attached hydrogen (secondary N) is 1. The molecule has 1 aromatic heterocycles. The van der Waals surface area contributed by atoms with E-state index in [1.165, 1.54) is 11.0 Å². The molecular formula is C24H21ClFN3O3. The Morgan fingerprint density at radius 3 is 2.75 bits per heavy atom. The summed E-state index contributed by atoms with van der Waals surface area (Å²) < 4.78 is 15.6. The van der Waals surface area contributed by atoms with Gasteiger partial charge in [0.2, 0.25) is 5.91 Å². The van der Waals surface area contributed by atoms with Gasteiger partial charge in [0.1, 0.15) is 5.82 Å². The Balaban J connectivity index is 1.83. The van der Waals surface area contributed by atoms with Crippen LogP contribution in [0.4, 0.5) is 4.39 Å². The molecule has 0 saturated heterocycles. The lowest BCUT2D eigenvalue weighted by molar-refractivity contribution is -0.138. The first-order valence-corrected chi connectivity index (χ1v) is 10.6. The molecule has 2 amide bonds. The first kappa shape index (κ1) is 20.7. The lowest BCUT2D eigenvalue weighted by Gasteiger charge is -2.39. The molecule has 1 aliphatic carbocycles. The summed E-state index contributed by atoms with van der Waals surface area (Å²) in [7, 11) is 0. The molecule has 5 rings (SSSR count). The van der Waals surface area contributed by atoms with Gasteiger partial charge in [-0.25, -0.2) is 4.39 Å². The Kier molecular flexibility index (Phi) is 4.48. The van der Waals surface area contributed by atoms with Gasteiger partial charge in [-0.2, -0.15) is 0 Å². The molecular weight excluding hydrogens is 433 g/mol. The number of aromatic nitrogens is 1. The normalized spacial score (nSPS) is 18.6. The number of amides is 2. The number of nitrogens with two attached hydrogens (primary N) is 1. The molecule has 2 aliphatic rings. The van der Waals surface area contributed by atoms with Crippen molar-refractivity contribution in [2.75, 3.05) is 6.54 Å². The number of H-pyrrole nitrogens is 1. The SMILES string of the molecule is C=CC(=O)N1CC2(CC2)c2c(-c3c(F)cc(C(N)=O)c4[nH]c(C)c(Cl)c34)cccc2[C@H]1O. The minimum absolute atomic E-state index is 0.0185.